The van der Waals surface area contributed by atoms with E-state index in [2.05, 4.69) is 19.2 Å². The first kappa shape index (κ1) is 19.2. The number of nitrogens with one attached hydrogen (secondary N) is 1. The smallest absolute Gasteiger partial charge is 0.270 e. The summed E-state index contributed by atoms with van der Waals surface area (Å²) in [6, 6.07) is 11.2. The number of rotatable bonds is 5. The fourth-order valence-corrected chi connectivity index (χ4v) is 3.67. The molecule has 1 atom stereocenters. The molecule has 0 radical (unpaired) electrons. The molecule has 0 fully saturated rings. The van der Waals surface area contributed by atoms with E-state index in [1.165, 1.54) is 18.2 Å². The molecule has 0 aliphatic carbocycles. The fraction of sp³-hybridized carbons (Fsp3) is 0.350. The number of amides is 1. The first-order valence-electron chi connectivity index (χ1n) is 8.92. The Balaban J connectivity index is 1.93. The molecule has 3 rings (SSSR count). The molecule has 0 spiro atoms. The Kier molecular flexibility index (Phi) is 5.37. The minimum absolute atomic E-state index is 0.0911. The third kappa shape index (κ3) is 3.76. The molecule has 2 aromatic carbocycles. The Morgan fingerprint density at radius 2 is 2.00 bits per heavy atom. The van der Waals surface area contributed by atoms with Gasteiger partial charge < -0.3 is 10.1 Å². The number of carbonyl (C=O) groups excluding carboxylic acids is 1. The van der Waals surface area contributed by atoms with Crippen LogP contribution in [0.4, 0.5) is 5.69 Å². The zero-order chi connectivity index (χ0) is 19.6. The monoisotopic (exact) mass is 388 g/mol. The summed E-state index contributed by atoms with van der Waals surface area (Å²) < 4.78 is 6.24. The van der Waals surface area contributed by atoms with Gasteiger partial charge in [0.25, 0.3) is 11.6 Å². The van der Waals surface area contributed by atoms with Gasteiger partial charge in [-0.05, 0) is 25.0 Å². The summed E-state index contributed by atoms with van der Waals surface area (Å²) in [7, 11) is 0. The van der Waals surface area contributed by atoms with Crippen molar-refractivity contribution in [2.45, 2.75) is 44.8 Å². The van der Waals surface area contributed by atoms with Crippen molar-refractivity contribution in [1.29, 1.82) is 0 Å². The average molecular weight is 389 g/mol. The molecule has 1 aliphatic rings. The Morgan fingerprint density at radius 3 is 2.67 bits per heavy atom. The van der Waals surface area contributed by atoms with Crippen LogP contribution in [-0.4, -0.2) is 16.4 Å². The predicted molar refractivity (Wildman–Crippen MR) is 103 cm³/mol. The van der Waals surface area contributed by atoms with E-state index in [9.17, 15) is 14.9 Å². The standard InChI is InChI=1S/C20H21ClN2O4/c1-3-20(4-2)12-17(14-7-5-6-8-18(14)27-20)22-19(24)15-11-13(23(25)26)9-10-16(15)21/h5-11,17H,3-4,12H2,1-2H3,(H,22,24)/t17-/m1/s1. The van der Waals surface area contributed by atoms with Gasteiger partial charge in [-0.1, -0.05) is 43.6 Å². The van der Waals surface area contributed by atoms with Gasteiger partial charge in [0, 0.05) is 24.1 Å². The molecule has 1 N–H and O–H groups in total. The number of para-hydroxylation sites is 1. The predicted octanol–water partition coefficient (Wildman–Crippen LogP) is 5.06. The van der Waals surface area contributed by atoms with E-state index in [1.54, 1.807) is 0 Å². The molecule has 142 valence electrons. The minimum atomic E-state index is -0.546. The maximum absolute atomic E-state index is 12.8. The van der Waals surface area contributed by atoms with Gasteiger partial charge >= 0.3 is 0 Å². The molecule has 27 heavy (non-hydrogen) atoms. The van der Waals surface area contributed by atoms with E-state index in [-0.39, 0.29) is 27.9 Å². The molecule has 2 aromatic rings. The van der Waals surface area contributed by atoms with Crippen LogP contribution in [0.3, 0.4) is 0 Å². The number of non-ortho nitro benzene ring substituents is 1. The highest BCUT2D eigenvalue weighted by molar-refractivity contribution is 6.34. The lowest BCUT2D eigenvalue weighted by atomic mass is 9.83. The van der Waals surface area contributed by atoms with Crippen molar-refractivity contribution in [2.24, 2.45) is 0 Å². The summed E-state index contributed by atoms with van der Waals surface area (Å²) in [5.74, 6) is 0.314. The van der Waals surface area contributed by atoms with Crippen molar-refractivity contribution in [3.63, 3.8) is 0 Å². The second-order valence-corrected chi connectivity index (χ2v) is 7.09. The number of hydrogen-bond donors (Lipinski definition) is 1. The quantitative estimate of drug-likeness (QED) is 0.573. The molecule has 0 bridgehead atoms. The van der Waals surface area contributed by atoms with Gasteiger partial charge in [0.05, 0.1) is 21.6 Å². The molecular weight excluding hydrogens is 368 g/mol. The number of halogens is 1. The van der Waals surface area contributed by atoms with E-state index in [4.69, 9.17) is 16.3 Å². The van der Waals surface area contributed by atoms with Gasteiger partial charge in [-0.25, -0.2) is 0 Å². The number of nitro groups is 1. The molecule has 0 aromatic heterocycles. The molecular formula is C20H21ClN2O4. The normalized spacial score (nSPS) is 17.5. The van der Waals surface area contributed by atoms with Gasteiger partial charge in [0.15, 0.2) is 0 Å². The number of ether oxygens (including phenoxy) is 1. The lowest BCUT2D eigenvalue weighted by Crippen LogP contribution is -2.44. The van der Waals surface area contributed by atoms with Crippen LogP contribution in [0.5, 0.6) is 5.75 Å². The Labute approximate surface area is 162 Å². The van der Waals surface area contributed by atoms with Crippen LogP contribution < -0.4 is 10.1 Å². The number of benzene rings is 2. The zero-order valence-corrected chi connectivity index (χ0v) is 16.0. The van der Waals surface area contributed by atoms with Crippen LogP contribution in [0, 0.1) is 10.1 Å². The van der Waals surface area contributed by atoms with Crippen molar-refractivity contribution in [2.75, 3.05) is 0 Å². The molecule has 1 heterocycles. The van der Waals surface area contributed by atoms with Crippen LogP contribution >= 0.6 is 11.6 Å². The number of hydrogen-bond acceptors (Lipinski definition) is 4. The second kappa shape index (κ2) is 7.56. The van der Waals surface area contributed by atoms with Crippen molar-refractivity contribution < 1.29 is 14.5 Å². The molecule has 1 amide bonds. The lowest BCUT2D eigenvalue weighted by Gasteiger charge is -2.41. The molecule has 0 saturated heterocycles. The maximum atomic E-state index is 12.8. The van der Waals surface area contributed by atoms with Gasteiger partial charge in [-0.2, -0.15) is 0 Å². The first-order chi connectivity index (χ1) is 12.9. The Bertz CT molecular complexity index is 880. The SMILES string of the molecule is CCC1(CC)C[C@@H](NC(=O)c2cc([N+](=O)[O-])ccc2Cl)c2ccccc2O1. The Morgan fingerprint density at radius 1 is 1.30 bits per heavy atom. The van der Waals surface area contributed by atoms with Crippen LogP contribution in [0.2, 0.25) is 5.02 Å². The van der Waals surface area contributed by atoms with Gasteiger partial charge in [0.1, 0.15) is 11.4 Å². The topological polar surface area (TPSA) is 81.5 Å². The van der Waals surface area contributed by atoms with Crippen molar-refractivity contribution in [3.8, 4) is 5.75 Å². The largest absolute Gasteiger partial charge is 0.487 e. The molecule has 1 aliphatic heterocycles. The minimum Gasteiger partial charge on any atom is -0.487 e. The van der Waals surface area contributed by atoms with E-state index in [0.29, 0.717) is 6.42 Å². The summed E-state index contributed by atoms with van der Waals surface area (Å²) in [6.45, 7) is 4.13. The zero-order valence-electron chi connectivity index (χ0n) is 15.2. The van der Waals surface area contributed by atoms with Crippen LogP contribution in [0.15, 0.2) is 42.5 Å². The third-order valence-electron chi connectivity index (χ3n) is 5.20. The van der Waals surface area contributed by atoms with Crippen LogP contribution in [0.1, 0.15) is 55.1 Å². The summed E-state index contributed by atoms with van der Waals surface area (Å²) in [6.07, 6.45) is 2.23. The van der Waals surface area contributed by atoms with Crippen LogP contribution in [0.25, 0.3) is 0 Å². The van der Waals surface area contributed by atoms with E-state index in [1.807, 2.05) is 24.3 Å². The molecule has 7 heteroatoms. The highest BCUT2D eigenvalue weighted by Gasteiger charge is 2.39. The highest BCUT2D eigenvalue weighted by atomic mass is 35.5. The number of nitrogens with zero attached hydrogens (tertiary/aromatic N) is 1. The summed E-state index contributed by atoms with van der Waals surface area (Å²) in [5.41, 5.74) is 0.449. The summed E-state index contributed by atoms with van der Waals surface area (Å²) >= 11 is 6.12. The van der Waals surface area contributed by atoms with Crippen molar-refractivity contribution in [1.82, 2.24) is 5.32 Å². The van der Waals surface area contributed by atoms with Gasteiger partial charge in [-0.15, -0.1) is 0 Å². The van der Waals surface area contributed by atoms with E-state index in [0.717, 1.165) is 24.2 Å². The fourth-order valence-electron chi connectivity index (χ4n) is 3.47. The van der Waals surface area contributed by atoms with Crippen molar-refractivity contribution >= 4 is 23.2 Å². The number of fused-ring (bicyclic) bond motifs is 1. The summed E-state index contributed by atoms with van der Waals surface area (Å²) in [4.78, 5) is 23.3. The van der Waals surface area contributed by atoms with E-state index < -0.39 is 10.8 Å². The van der Waals surface area contributed by atoms with Gasteiger partial charge in [-0.3, -0.25) is 14.9 Å². The Hall–Kier alpha value is -2.60. The van der Waals surface area contributed by atoms with Gasteiger partial charge in [0.2, 0.25) is 0 Å². The van der Waals surface area contributed by atoms with E-state index >= 15 is 0 Å². The first-order valence-corrected chi connectivity index (χ1v) is 9.29. The average Bonchev–Trinajstić information content (AvgIpc) is 2.67. The van der Waals surface area contributed by atoms with Crippen molar-refractivity contribution in [3.05, 3.63) is 68.7 Å². The third-order valence-corrected chi connectivity index (χ3v) is 5.53. The highest BCUT2D eigenvalue weighted by Crippen LogP contribution is 2.42. The second-order valence-electron chi connectivity index (χ2n) is 6.68. The summed E-state index contributed by atoms with van der Waals surface area (Å²) in [5, 5.41) is 14.2. The molecule has 0 unspecified atom stereocenters. The molecule has 6 nitrogen and oxygen atoms in total. The lowest BCUT2D eigenvalue weighted by molar-refractivity contribution is -0.384. The number of nitro benzene ring substituents is 1. The molecule has 0 saturated carbocycles. The number of carbonyl (C=O) groups is 1. The van der Waals surface area contributed by atoms with Crippen LogP contribution in [-0.2, 0) is 0 Å². The maximum Gasteiger partial charge on any atom is 0.270 e.